The lowest BCUT2D eigenvalue weighted by Gasteiger charge is -2.35. The number of aliphatic hydroxyl groups excluding tert-OH is 2. The van der Waals surface area contributed by atoms with Crippen LogP contribution in [0, 0.1) is 0 Å². The predicted molar refractivity (Wildman–Crippen MR) is 64.7 cm³/mol. The minimum atomic E-state index is -1.40. The van der Waals surface area contributed by atoms with Crippen molar-refractivity contribution in [3.8, 4) is 0 Å². The van der Waals surface area contributed by atoms with Gasteiger partial charge in [0.2, 0.25) is 5.78 Å². The molecule has 2 N–H and O–H groups in total. The summed E-state index contributed by atoms with van der Waals surface area (Å²) >= 11 is 0. The lowest BCUT2D eigenvalue weighted by molar-refractivity contribution is -0.0682. The molecule has 19 heavy (non-hydrogen) atoms. The van der Waals surface area contributed by atoms with Crippen LogP contribution in [0.15, 0.2) is 35.6 Å². The van der Waals surface area contributed by atoms with Crippen molar-refractivity contribution in [2.24, 2.45) is 0 Å². The molecule has 98 valence electrons. The maximum absolute atomic E-state index is 12.3. The molecule has 0 spiro atoms. The molecule has 3 rings (SSSR count). The van der Waals surface area contributed by atoms with Gasteiger partial charge in [0.15, 0.2) is 11.5 Å². The van der Waals surface area contributed by atoms with Crippen molar-refractivity contribution in [1.29, 1.82) is 0 Å². The Hall–Kier alpha value is -1.98. The molecule has 5 heteroatoms. The number of hydrogen-bond donors (Lipinski definition) is 2. The third kappa shape index (κ3) is 1.55. The third-order valence-corrected chi connectivity index (χ3v) is 3.52. The summed E-state index contributed by atoms with van der Waals surface area (Å²) < 4.78 is 5.31. The van der Waals surface area contributed by atoms with Gasteiger partial charge in [-0.25, -0.2) is 0 Å². The fraction of sp³-hybridized carbons (Fsp3) is 0.286. The molecular formula is C14H12O5. The first-order chi connectivity index (χ1) is 9.02. The van der Waals surface area contributed by atoms with Crippen LogP contribution in [0.3, 0.4) is 0 Å². The van der Waals surface area contributed by atoms with Gasteiger partial charge in [0.25, 0.3) is 0 Å². The number of hydrogen-bond acceptors (Lipinski definition) is 5. The van der Waals surface area contributed by atoms with Crippen LogP contribution in [0.1, 0.15) is 27.6 Å². The number of fused-ring (bicyclic) bond motifs is 1. The average Bonchev–Trinajstić information content (AvgIpc) is 2.42. The van der Waals surface area contributed by atoms with E-state index >= 15 is 0 Å². The molecule has 1 heterocycles. The number of ketones is 2. The molecule has 1 aliphatic heterocycles. The van der Waals surface area contributed by atoms with E-state index < -0.39 is 29.9 Å². The first-order valence-electron chi connectivity index (χ1n) is 5.97. The first-order valence-corrected chi connectivity index (χ1v) is 5.97. The molecule has 0 aromatic heterocycles. The standard InChI is InChI=1S/C14H12O5/c1-6-10(15)13(18)9-11(16)7-4-2-3-5-8(7)12(17)14(9)19-6/h2-6,10,13,15,18H,1H3/t6-,10-,13+/m0/s1. The highest BCUT2D eigenvalue weighted by atomic mass is 16.5. The highest BCUT2D eigenvalue weighted by Crippen LogP contribution is 2.34. The molecule has 1 aliphatic carbocycles. The molecule has 3 atom stereocenters. The normalized spacial score (nSPS) is 29.7. The number of carbonyl (C=O) groups excluding carboxylic acids is 2. The number of rotatable bonds is 0. The summed E-state index contributed by atoms with van der Waals surface area (Å²) in [4.78, 5) is 24.6. The zero-order chi connectivity index (χ0) is 13.7. The average molecular weight is 260 g/mol. The Labute approximate surface area is 109 Å². The number of carbonyl (C=O) groups is 2. The van der Waals surface area contributed by atoms with Crippen LogP contribution in [0.5, 0.6) is 0 Å². The summed E-state index contributed by atoms with van der Waals surface area (Å²) in [5.74, 6) is -1.04. The van der Waals surface area contributed by atoms with Crippen molar-refractivity contribution in [2.75, 3.05) is 0 Å². The van der Waals surface area contributed by atoms with E-state index in [0.29, 0.717) is 0 Å². The van der Waals surface area contributed by atoms with Gasteiger partial charge in [-0.15, -0.1) is 0 Å². The molecule has 0 radical (unpaired) electrons. The Morgan fingerprint density at radius 1 is 1.05 bits per heavy atom. The Morgan fingerprint density at radius 2 is 1.63 bits per heavy atom. The fourth-order valence-corrected chi connectivity index (χ4v) is 2.44. The molecule has 0 unspecified atom stereocenters. The highest BCUT2D eigenvalue weighted by molar-refractivity contribution is 6.26. The Morgan fingerprint density at radius 3 is 2.26 bits per heavy atom. The van der Waals surface area contributed by atoms with E-state index in [1.165, 1.54) is 13.0 Å². The third-order valence-electron chi connectivity index (χ3n) is 3.52. The van der Waals surface area contributed by atoms with Gasteiger partial charge in [0.05, 0.1) is 5.57 Å². The minimum Gasteiger partial charge on any atom is -0.483 e. The van der Waals surface area contributed by atoms with Gasteiger partial charge in [-0.05, 0) is 6.92 Å². The van der Waals surface area contributed by atoms with Crippen LogP contribution >= 0.6 is 0 Å². The van der Waals surface area contributed by atoms with Crippen LogP contribution in [0.2, 0.25) is 0 Å². The van der Waals surface area contributed by atoms with E-state index in [4.69, 9.17) is 4.74 Å². The van der Waals surface area contributed by atoms with Crippen LogP contribution in [-0.4, -0.2) is 40.1 Å². The van der Waals surface area contributed by atoms with E-state index in [9.17, 15) is 19.8 Å². The summed E-state index contributed by atoms with van der Waals surface area (Å²) in [5, 5.41) is 19.8. The largest absolute Gasteiger partial charge is 0.483 e. The SMILES string of the molecule is C[C@@H]1OC2=C(C(=O)c3ccccc3C2=O)[C@@H](O)[C@H]1O. The lowest BCUT2D eigenvalue weighted by Crippen LogP contribution is -2.47. The number of Topliss-reactive ketones (excluding diaryl/α,β-unsaturated/α-hetero) is 2. The lowest BCUT2D eigenvalue weighted by atomic mass is 9.82. The van der Waals surface area contributed by atoms with Crippen molar-refractivity contribution in [1.82, 2.24) is 0 Å². The maximum atomic E-state index is 12.3. The molecule has 0 fully saturated rings. The molecular weight excluding hydrogens is 248 g/mol. The van der Waals surface area contributed by atoms with E-state index in [1.54, 1.807) is 18.2 Å². The van der Waals surface area contributed by atoms with E-state index in [0.717, 1.165) is 0 Å². The van der Waals surface area contributed by atoms with Crippen molar-refractivity contribution >= 4 is 11.6 Å². The van der Waals surface area contributed by atoms with Crippen LogP contribution in [0.4, 0.5) is 0 Å². The number of allylic oxidation sites excluding steroid dienone is 1. The Bertz CT molecular complexity index is 616. The van der Waals surface area contributed by atoms with Crippen molar-refractivity contribution in [2.45, 2.75) is 25.2 Å². The summed E-state index contributed by atoms with van der Waals surface area (Å²) in [6.45, 7) is 1.54. The Kier molecular flexibility index (Phi) is 2.55. The van der Waals surface area contributed by atoms with Gasteiger partial charge in [0, 0.05) is 11.1 Å². The summed E-state index contributed by atoms with van der Waals surface area (Å²) in [5.41, 5.74) is 0.354. The van der Waals surface area contributed by atoms with E-state index in [1.807, 2.05) is 0 Å². The second kappa shape index (κ2) is 4.01. The highest BCUT2D eigenvalue weighted by Gasteiger charge is 2.45. The number of ether oxygens (including phenoxy) is 1. The van der Waals surface area contributed by atoms with Crippen LogP contribution in [0.25, 0.3) is 0 Å². The van der Waals surface area contributed by atoms with Gasteiger partial charge < -0.3 is 14.9 Å². The molecule has 0 saturated carbocycles. The van der Waals surface area contributed by atoms with Crippen molar-refractivity contribution in [3.05, 3.63) is 46.7 Å². The van der Waals surface area contributed by atoms with E-state index in [-0.39, 0.29) is 22.5 Å². The topological polar surface area (TPSA) is 83.8 Å². The molecule has 0 amide bonds. The fourth-order valence-electron chi connectivity index (χ4n) is 2.44. The second-order valence-electron chi connectivity index (χ2n) is 4.71. The predicted octanol–water partition coefficient (Wildman–Crippen LogP) is 0.460. The first kappa shape index (κ1) is 12.1. The van der Waals surface area contributed by atoms with Gasteiger partial charge in [-0.2, -0.15) is 0 Å². The van der Waals surface area contributed by atoms with Gasteiger partial charge >= 0.3 is 0 Å². The smallest absolute Gasteiger partial charge is 0.228 e. The maximum Gasteiger partial charge on any atom is 0.228 e. The molecule has 5 nitrogen and oxygen atoms in total. The summed E-state index contributed by atoms with van der Waals surface area (Å²) in [7, 11) is 0. The zero-order valence-electron chi connectivity index (χ0n) is 10.2. The summed E-state index contributed by atoms with van der Waals surface area (Å²) in [6, 6.07) is 6.37. The minimum absolute atomic E-state index is 0.144. The summed E-state index contributed by atoms with van der Waals surface area (Å²) in [6.07, 6.45) is -3.36. The molecule has 2 aliphatic rings. The Balaban J connectivity index is 2.20. The van der Waals surface area contributed by atoms with E-state index in [2.05, 4.69) is 0 Å². The second-order valence-corrected chi connectivity index (χ2v) is 4.71. The van der Waals surface area contributed by atoms with Crippen molar-refractivity contribution in [3.63, 3.8) is 0 Å². The molecule has 0 bridgehead atoms. The van der Waals surface area contributed by atoms with Crippen LogP contribution in [-0.2, 0) is 4.74 Å². The van der Waals surface area contributed by atoms with Gasteiger partial charge in [-0.3, -0.25) is 9.59 Å². The monoisotopic (exact) mass is 260 g/mol. The van der Waals surface area contributed by atoms with Gasteiger partial charge in [-0.1, -0.05) is 24.3 Å². The van der Waals surface area contributed by atoms with Crippen LogP contribution < -0.4 is 0 Å². The molecule has 1 aromatic carbocycles. The van der Waals surface area contributed by atoms with Gasteiger partial charge in [0.1, 0.15) is 18.3 Å². The molecule has 1 aromatic rings. The molecule has 0 saturated heterocycles. The number of aliphatic hydroxyl groups is 2. The quantitative estimate of drug-likeness (QED) is 0.708. The van der Waals surface area contributed by atoms with Crippen molar-refractivity contribution < 1.29 is 24.5 Å². The number of benzene rings is 1. The zero-order valence-corrected chi connectivity index (χ0v) is 10.2.